The van der Waals surface area contributed by atoms with E-state index in [0.717, 1.165) is 22.1 Å². The van der Waals surface area contributed by atoms with Crippen LogP contribution in [0.3, 0.4) is 0 Å². The SMILES string of the molecule is NC(=O)/C=C/c1c[nH]c2ncc(-c3ccc(C(=O)c4ccc(Cl)cn4)cc3)cc12. The number of carbonyl (C=O) groups excluding carboxylic acids is 2. The Kier molecular flexibility index (Phi) is 4.93. The van der Waals surface area contributed by atoms with Crippen LogP contribution >= 0.6 is 11.6 Å². The van der Waals surface area contributed by atoms with Crippen LogP contribution in [0.1, 0.15) is 21.6 Å². The van der Waals surface area contributed by atoms with Gasteiger partial charge in [0.2, 0.25) is 11.7 Å². The third-order valence-corrected chi connectivity index (χ3v) is 4.65. The number of nitrogens with two attached hydrogens (primary N) is 1. The largest absolute Gasteiger partial charge is 0.366 e. The number of rotatable bonds is 5. The minimum atomic E-state index is -0.515. The predicted octanol–water partition coefficient (Wildman–Crippen LogP) is 4.01. The summed E-state index contributed by atoms with van der Waals surface area (Å²) >= 11 is 5.82. The summed E-state index contributed by atoms with van der Waals surface area (Å²) in [6, 6.07) is 12.4. The topological polar surface area (TPSA) is 102 Å². The van der Waals surface area contributed by atoms with Gasteiger partial charge in [0.1, 0.15) is 11.3 Å². The van der Waals surface area contributed by atoms with Crippen LogP contribution in [-0.2, 0) is 4.79 Å². The Morgan fingerprint density at radius 2 is 1.79 bits per heavy atom. The van der Waals surface area contributed by atoms with Gasteiger partial charge in [-0.3, -0.25) is 14.6 Å². The van der Waals surface area contributed by atoms with Crippen molar-refractivity contribution in [2.75, 3.05) is 0 Å². The third kappa shape index (κ3) is 3.93. The van der Waals surface area contributed by atoms with E-state index < -0.39 is 5.91 Å². The minimum Gasteiger partial charge on any atom is -0.366 e. The predicted molar refractivity (Wildman–Crippen MR) is 112 cm³/mol. The zero-order valence-electron chi connectivity index (χ0n) is 15.1. The molecule has 0 aliphatic heterocycles. The zero-order valence-corrected chi connectivity index (χ0v) is 15.9. The van der Waals surface area contributed by atoms with Crippen LogP contribution in [0.25, 0.3) is 28.2 Å². The van der Waals surface area contributed by atoms with Crippen molar-refractivity contribution in [3.63, 3.8) is 0 Å². The molecule has 7 heteroatoms. The van der Waals surface area contributed by atoms with Crippen LogP contribution in [0.2, 0.25) is 5.02 Å². The molecule has 0 spiro atoms. The van der Waals surface area contributed by atoms with Crippen molar-refractivity contribution in [1.82, 2.24) is 15.0 Å². The summed E-state index contributed by atoms with van der Waals surface area (Å²) in [5.41, 5.74) is 9.35. The lowest BCUT2D eigenvalue weighted by molar-refractivity contribution is -0.113. The second-order valence-corrected chi connectivity index (χ2v) is 6.80. The van der Waals surface area contributed by atoms with Crippen LogP contribution in [-0.4, -0.2) is 26.6 Å². The van der Waals surface area contributed by atoms with Gasteiger partial charge in [-0.15, -0.1) is 0 Å². The Hall–Kier alpha value is -3.77. The number of hydrogen-bond donors (Lipinski definition) is 2. The van der Waals surface area contributed by atoms with E-state index in [-0.39, 0.29) is 5.78 Å². The van der Waals surface area contributed by atoms with Crippen molar-refractivity contribution in [3.05, 3.63) is 89.0 Å². The van der Waals surface area contributed by atoms with E-state index in [0.29, 0.717) is 21.9 Å². The van der Waals surface area contributed by atoms with Gasteiger partial charge in [-0.25, -0.2) is 4.98 Å². The molecule has 0 atom stereocenters. The van der Waals surface area contributed by atoms with Crippen molar-refractivity contribution in [2.24, 2.45) is 5.73 Å². The molecule has 0 unspecified atom stereocenters. The number of fused-ring (bicyclic) bond motifs is 1. The molecule has 4 rings (SSSR count). The van der Waals surface area contributed by atoms with Gasteiger partial charge in [-0.1, -0.05) is 35.9 Å². The average Bonchev–Trinajstić information content (AvgIpc) is 3.14. The number of amides is 1. The number of H-pyrrole nitrogens is 1. The van der Waals surface area contributed by atoms with Crippen molar-refractivity contribution in [2.45, 2.75) is 0 Å². The van der Waals surface area contributed by atoms with Crippen LogP contribution in [0.15, 0.2) is 67.1 Å². The molecule has 0 saturated heterocycles. The molecule has 29 heavy (non-hydrogen) atoms. The number of carbonyl (C=O) groups is 2. The number of nitrogens with zero attached hydrogens (tertiary/aromatic N) is 2. The van der Waals surface area contributed by atoms with E-state index in [1.165, 1.54) is 12.3 Å². The van der Waals surface area contributed by atoms with E-state index in [4.69, 9.17) is 17.3 Å². The molecule has 3 heterocycles. The standard InChI is InChI=1S/C22H15ClN4O2/c23-17-6-7-19(25-12-17)21(29)14-3-1-13(2-4-14)16-9-18-15(5-8-20(24)28)10-26-22(18)27-11-16/h1-12H,(H2,24,28)(H,26,27)/b8-5+. The number of aromatic nitrogens is 3. The first-order chi connectivity index (χ1) is 14.0. The molecule has 1 aromatic carbocycles. The molecule has 0 saturated carbocycles. The van der Waals surface area contributed by atoms with Gasteiger partial charge >= 0.3 is 0 Å². The highest BCUT2D eigenvalue weighted by atomic mass is 35.5. The Bertz CT molecular complexity index is 1240. The van der Waals surface area contributed by atoms with Gasteiger partial charge in [-0.05, 0) is 29.8 Å². The Morgan fingerprint density at radius 3 is 2.48 bits per heavy atom. The highest BCUT2D eigenvalue weighted by molar-refractivity contribution is 6.30. The van der Waals surface area contributed by atoms with Crippen molar-refractivity contribution < 1.29 is 9.59 Å². The summed E-state index contributed by atoms with van der Waals surface area (Å²) in [5.74, 6) is -0.690. The molecule has 4 aromatic rings. The van der Waals surface area contributed by atoms with E-state index in [1.54, 1.807) is 42.7 Å². The molecule has 0 fully saturated rings. The maximum absolute atomic E-state index is 12.5. The number of benzene rings is 1. The van der Waals surface area contributed by atoms with E-state index in [1.807, 2.05) is 18.2 Å². The van der Waals surface area contributed by atoms with Crippen LogP contribution in [0, 0.1) is 0 Å². The fourth-order valence-electron chi connectivity index (χ4n) is 2.96. The van der Waals surface area contributed by atoms with Crippen molar-refractivity contribution >= 4 is 40.4 Å². The summed E-state index contributed by atoms with van der Waals surface area (Å²) in [4.78, 5) is 35.1. The maximum Gasteiger partial charge on any atom is 0.241 e. The van der Waals surface area contributed by atoms with Gasteiger partial charge in [0.25, 0.3) is 0 Å². The lowest BCUT2D eigenvalue weighted by atomic mass is 10.0. The van der Waals surface area contributed by atoms with Gasteiger partial charge < -0.3 is 10.7 Å². The number of halogens is 1. The number of pyridine rings is 2. The lowest BCUT2D eigenvalue weighted by Crippen LogP contribution is -2.04. The molecular formula is C22H15ClN4O2. The number of nitrogens with one attached hydrogen (secondary N) is 1. The quantitative estimate of drug-likeness (QED) is 0.389. The molecule has 142 valence electrons. The monoisotopic (exact) mass is 402 g/mol. The summed E-state index contributed by atoms with van der Waals surface area (Å²) < 4.78 is 0. The van der Waals surface area contributed by atoms with E-state index >= 15 is 0 Å². The highest BCUT2D eigenvalue weighted by Gasteiger charge is 2.11. The first-order valence-corrected chi connectivity index (χ1v) is 9.10. The van der Waals surface area contributed by atoms with Gasteiger partial charge in [0, 0.05) is 46.7 Å². The summed E-state index contributed by atoms with van der Waals surface area (Å²) in [7, 11) is 0. The molecule has 3 aromatic heterocycles. The molecule has 0 bridgehead atoms. The fraction of sp³-hybridized carbons (Fsp3) is 0. The molecule has 0 radical (unpaired) electrons. The normalized spacial score (nSPS) is 11.2. The van der Waals surface area contributed by atoms with Crippen LogP contribution in [0.5, 0.6) is 0 Å². The molecule has 6 nitrogen and oxygen atoms in total. The molecule has 0 aliphatic carbocycles. The van der Waals surface area contributed by atoms with Crippen molar-refractivity contribution in [3.8, 4) is 11.1 Å². The smallest absolute Gasteiger partial charge is 0.241 e. The number of primary amides is 1. The van der Waals surface area contributed by atoms with Crippen LogP contribution < -0.4 is 5.73 Å². The number of aromatic amines is 1. The van der Waals surface area contributed by atoms with Gasteiger partial charge in [0.05, 0.1) is 5.02 Å². The maximum atomic E-state index is 12.5. The van der Waals surface area contributed by atoms with Gasteiger partial charge in [0.15, 0.2) is 0 Å². The highest BCUT2D eigenvalue weighted by Crippen LogP contribution is 2.26. The van der Waals surface area contributed by atoms with Gasteiger partial charge in [-0.2, -0.15) is 0 Å². The zero-order chi connectivity index (χ0) is 20.4. The molecule has 1 amide bonds. The van der Waals surface area contributed by atoms with Crippen LogP contribution in [0.4, 0.5) is 0 Å². The van der Waals surface area contributed by atoms with E-state index in [9.17, 15) is 9.59 Å². The average molecular weight is 403 g/mol. The molecular weight excluding hydrogens is 388 g/mol. The molecule has 3 N–H and O–H groups in total. The fourth-order valence-corrected chi connectivity index (χ4v) is 3.08. The van der Waals surface area contributed by atoms with Crippen molar-refractivity contribution in [1.29, 1.82) is 0 Å². The Balaban J connectivity index is 1.64. The summed E-state index contributed by atoms with van der Waals surface area (Å²) in [6.45, 7) is 0. The van der Waals surface area contributed by atoms with E-state index in [2.05, 4.69) is 15.0 Å². The minimum absolute atomic E-state index is 0.175. The summed E-state index contributed by atoms with van der Waals surface area (Å²) in [6.07, 6.45) is 7.92. The summed E-state index contributed by atoms with van der Waals surface area (Å²) in [5, 5.41) is 1.35. The number of ketones is 1. The Morgan fingerprint density at radius 1 is 1.00 bits per heavy atom. The lowest BCUT2D eigenvalue weighted by Gasteiger charge is -2.05. The molecule has 0 aliphatic rings. The first-order valence-electron chi connectivity index (χ1n) is 8.72. The second-order valence-electron chi connectivity index (χ2n) is 6.37. The Labute approximate surface area is 171 Å². The third-order valence-electron chi connectivity index (χ3n) is 4.43. The second kappa shape index (κ2) is 7.69. The number of hydrogen-bond acceptors (Lipinski definition) is 4. The first kappa shape index (κ1) is 18.6.